The molecule has 3 amide bonds. The van der Waals surface area contributed by atoms with Gasteiger partial charge in [-0.15, -0.1) is 0 Å². The Labute approximate surface area is 190 Å². The summed E-state index contributed by atoms with van der Waals surface area (Å²) in [5.41, 5.74) is 1.46. The average molecular weight is 481 g/mol. The number of anilines is 2. The van der Waals surface area contributed by atoms with Gasteiger partial charge >= 0.3 is 12.2 Å². The van der Waals surface area contributed by atoms with Crippen LogP contribution in [0.4, 0.5) is 29.3 Å². The zero-order valence-electron chi connectivity index (χ0n) is 16.9. The summed E-state index contributed by atoms with van der Waals surface area (Å²) in [6.07, 6.45) is -3.26. The molecule has 2 aromatic carbocycles. The van der Waals surface area contributed by atoms with Crippen molar-refractivity contribution in [2.75, 3.05) is 17.7 Å². The molecule has 0 bridgehead atoms. The molecule has 0 aliphatic rings. The molecule has 12 heteroatoms. The van der Waals surface area contributed by atoms with Crippen molar-refractivity contribution in [2.24, 2.45) is 0 Å². The molecule has 33 heavy (non-hydrogen) atoms. The van der Waals surface area contributed by atoms with Crippen LogP contribution in [0.5, 0.6) is 11.5 Å². The van der Waals surface area contributed by atoms with E-state index < -0.39 is 28.7 Å². The number of pyridine rings is 1. The van der Waals surface area contributed by atoms with E-state index in [-0.39, 0.29) is 11.4 Å². The maximum atomic E-state index is 12.9. The van der Waals surface area contributed by atoms with Gasteiger partial charge in [0, 0.05) is 23.6 Å². The second-order valence-electron chi connectivity index (χ2n) is 6.41. The fraction of sp³-hybridized carbons (Fsp3) is 0.0952. The summed E-state index contributed by atoms with van der Waals surface area (Å²) in [4.78, 5) is 32.3. The van der Waals surface area contributed by atoms with E-state index in [9.17, 15) is 22.8 Å². The Bertz CT molecular complexity index is 1160. The van der Waals surface area contributed by atoms with Crippen molar-refractivity contribution in [1.29, 1.82) is 0 Å². The monoisotopic (exact) mass is 480 g/mol. The Hall–Kier alpha value is -3.83. The third-order valence-corrected chi connectivity index (χ3v) is 4.37. The first-order valence-corrected chi connectivity index (χ1v) is 9.55. The number of ether oxygens (including phenoxy) is 1. The maximum absolute atomic E-state index is 12.9. The van der Waals surface area contributed by atoms with Gasteiger partial charge in [0.05, 0.1) is 17.7 Å². The molecule has 0 spiro atoms. The molecule has 0 unspecified atom stereocenters. The van der Waals surface area contributed by atoms with Crippen LogP contribution in [0.2, 0.25) is 5.02 Å². The summed E-state index contributed by atoms with van der Waals surface area (Å²) in [5, 5.41) is 4.34. The van der Waals surface area contributed by atoms with Gasteiger partial charge in [-0.2, -0.15) is 13.2 Å². The molecule has 0 aliphatic carbocycles. The van der Waals surface area contributed by atoms with E-state index in [0.29, 0.717) is 17.2 Å². The third kappa shape index (κ3) is 6.57. The Kier molecular flexibility index (Phi) is 7.36. The highest BCUT2D eigenvalue weighted by Crippen LogP contribution is 2.36. The predicted molar refractivity (Wildman–Crippen MR) is 114 cm³/mol. The number of nitrogens with one attached hydrogen (secondary N) is 3. The predicted octanol–water partition coefficient (Wildman–Crippen LogP) is 5.48. The fourth-order valence-electron chi connectivity index (χ4n) is 2.60. The van der Waals surface area contributed by atoms with Gasteiger partial charge in [-0.25, -0.2) is 10.3 Å². The van der Waals surface area contributed by atoms with Gasteiger partial charge in [-0.3, -0.25) is 14.6 Å². The quantitative estimate of drug-likeness (QED) is 0.405. The first-order valence-electron chi connectivity index (χ1n) is 9.18. The zero-order valence-corrected chi connectivity index (χ0v) is 17.6. The SMILES string of the molecule is CONC(=O)c1cc(Oc2ccc(NC(=O)Nc3ccc(Cl)c(C(F)(F)F)c3)cc2)ccn1. The number of carbonyl (C=O) groups excluding carboxylic acids is 2. The maximum Gasteiger partial charge on any atom is 0.417 e. The molecule has 0 radical (unpaired) electrons. The van der Waals surface area contributed by atoms with Crippen molar-refractivity contribution in [3.63, 3.8) is 0 Å². The first-order chi connectivity index (χ1) is 15.7. The summed E-state index contributed by atoms with van der Waals surface area (Å²) in [5.74, 6) is 0.197. The number of amides is 3. The summed E-state index contributed by atoms with van der Waals surface area (Å²) in [6.45, 7) is 0. The molecule has 1 heterocycles. The lowest BCUT2D eigenvalue weighted by Crippen LogP contribution is -2.22. The summed E-state index contributed by atoms with van der Waals surface area (Å²) in [7, 11) is 1.29. The van der Waals surface area contributed by atoms with Crippen molar-refractivity contribution in [3.8, 4) is 11.5 Å². The minimum atomic E-state index is -4.65. The van der Waals surface area contributed by atoms with Crippen molar-refractivity contribution >= 4 is 34.9 Å². The third-order valence-electron chi connectivity index (χ3n) is 4.04. The van der Waals surface area contributed by atoms with Gasteiger partial charge < -0.3 is 15.4 Å². The number of rotatable bonds is 6. The molecule has 1 aromatic heterocycles. The Morgan fingerprint density at radius 3 is 2.27 bits per heavy atom. The highest BCUT2D eigenvalue weighted by atomic mass is 35.5. The highest BCUT2D eigenvalue weighted by Gasteiger charge is 2.33. The zero-order chi connectivity index (χ0) is 24.0. The number of urea groups is 1. The van der Waals surface area contributed by atoms with Crippen molar-refractivity contribution in [1.82, 2.24) is 10.5 Å². The summed E-state index contributed by atoms with van der Waals surface area (Å²) >= 11 is 5.57. The van der Waals surface area contributed by atoms with Crippen LogP contribution < -0.4 is 20.9 Å². The molecule has 172 valence electrons. The van der Waals surface area contributed by atoms with Crippen LogP contribution in [0.3, 0.4) is 0 Å². The average Bonchev–Trinajstić information content (AvgIpc) is 2.76. The topological polar surface area (TPSA) is 102 Å². The van der Waals surface area contributed by atoms with Crippen LogP contribution in [0.25, 0.3) is 0 Å². The molecule has 3 N–H and O–H groups in total. The van der Waals surface area contributed by atoms with E-state index in [4.69, 9.17) is 16.3 Å². The molecule has 0 fully saturated rings. The second kappa shape index (κ2) is 10.2. The number of hydrogen-bond donors (Lipinski definition) is 3. The van der Waals surface area contributed by atoms with Gasteiger partial charge in [0.2, 0.25) is 0 Å². The molecule has 3 aromatic rings. The van der Waals surface area contributed by atoms with Gasteiger partial charge in [0.15, 0.2) is 0 Å². The number of hydrogen-bond acceptors (Lipinski definition) is 5. The normalized spacial score (nSPS) is 10.9. The molecule has 0 saturated carbocycles. The van der Waals surface area contributed by atoms with Crippen molar-refractivity contribution in [2.45, 2.75) is 6.18 Å². The number of nitrogens with zero attached hydrogens (tertiary/aromatic N) is 1. The molecule has 0 aliphatic heterocycles. The van der Waals surface area contributed by atoms with Crippen LogP contribution in [0, 0.1) is 0 Å². The van der Waals surface area contributed by atoms with E-state index in [0.717, 1.165) is 12.1 Å². The largest absolute Gasteiger partial charge is 0.457 e. The standard InChI is InChI=1S/C21H16ClF3N4O4/c1-32-29-19(30)18-11-15(8-9-26-18)33-14-5-2-12(3-6-14)27-20(31)28-13-4-7-17(22)16(10-13)21(23,24)25/h2-11H,1H3,(H,29,30)(H2,27,28,31). The minimum absolute atomic E-state index is 0.0739. The number of aromatic nitrogens is 1. The molecule has 3 rings (SSSR count). The van der Waals surface area contributed by atoms with Crippen LogP contribution in [0.15, 0.2) is 60.8 Å². The number of benzene rings is 2. The van der Waals surface area contributed by atoms with Crippen LogP contribution in [-0.4, -0.2) is 24.0 Å². The number of carbonyl (C=O) groups is 2. The molecular formula is C21H16ClF3N4O4. The van der Waals surface area contributed by atoms with E-state index >= 15 is 0 Å². The Morgan fingerprint density at radius 1 is 0.939 bits per heavy atom. The van der Waals surface area contributed by atoms with Gasteiger partial charge in [0.25, 0.3) is 5.91 Å². The molecular weight excluding hydrogens is 465 g/mol. The summed E-state index contributed by atoms with van der Waals surface area (Å²) < 4.78 is 44.5. The minimum Gasteiger partial charge on any atom is -0.457 e. The smallest absolute Gasteiger partial charge is 0.417 e. The van der Waals surface area contributed by atoms with E-state index in [1.807, 2.05) is 0 Å². The lowest BCUT2D eigenvalue weighted by Gasteiger charge is -2.12. The van der Waals surface area contributed by atoms with E-state index in [1.165, 1.54) is 37.6 Å². The number of hydroxylamine groups is 1. The van der Waals surface area contributed by atoms with Crippen molar-refractivity contribution < 1.29 is 32.3 Å². The van der Waals surface area contributed by atoms with E-state index in [2.05, 4.69) is 25.9 Å². The van der Waals surface area contributed by atoms with Crippen LogP contribution in [-0.2, 0) is 11.0 Å². The lowest BCUT2D eigenvalue weighted by molar-refractivity contribution is -0.137. The lowest BCUT2D eigenvalue weighted by atomic mass is 10.2. The number of alkyl halides is 3. The first kappa shape index (κ1) is 23.8. The van der Waals surface area contributed by atoms with Crippen molar-refractivity contribution in [3.05, 3.63) is 77.1 Å². The number of halogens is 4. The van der Waals surface area contributed by atoms with Crippen LogP contribution >= 0.6 is 11.6 Å². The molecule has 0 atom stereocenters. The van der Waals surface area contributed by atoms with E-state index in [1.54, 1.807) is 18.2 Å². The Balaban J connectivity index is 1.61. The van der Waals surface area contributed by atoms with Gasteiger partial charge in [-0.05, 0) is 48.5 Å². The Morgan fingerprint density at radius 2 is 1.61 bits per heavy atom. The van der Waals surface area contributed by atoms with Crippen LogP contribution in [0.1, 0.15) is 16.1 Å². The fourth-order valence-corrected chi connectivity index (χ4v) is 2.82. The molecule has 8 nitrogen and oxygen atoms in total. The molecule has 0 saturated heterocycles. The van der Waals surface area contributed by atoms with Gasteiger partial charge in [-0.1, -0.05) is 11.6 Å². The highest BCUT2D eigenvalue weighted by molar-refractivity contribution is 6.31. The second-order valence-corrected chi connectivity index (χ2v) is 6.82. The van der Waals surface area contributed by atoms with Gasteiger partial charge in [0.1, 0.15) is 17.2 Å². The summed E-state index contributed by atoms with van der Waals surface area (Å²) in [6, 6.07) is 11.4.